The molecule has 0 saturated carbocycles. The third-order valence-electron chi connectivity index (χ3n) is 2.62. The van der Waals surface area contributed by atoms with Gasteiger partial charge in [0.25, 0.3) is 0 Å². The molecule has 0 bridgehead atoms. The molecule has 8 heteroatoms. The number of halogens is 3. The standard InChI is InChI=1S/C12H16F3N3OS/c1-4-11(2,3)18-9(19)7-20-10-16-6-5-8(17-10)12(13,14)15/h5-6H,4,7H2,1-3H3,(H,18,19). The highest BCUT2D eigenvalue weighted by Gasteiger charge is 2.32. The predicted molar refractivity (Wildman–Crippen MR) is 70.3 cm³/mol. The molecule has 1 heterocycles. The minimum atomic E-state index is -4.51. The van der Waals surface area contributed by atoms with Crippen molar-refractivity contribution in [2.75, 3.05) is 5.75 Å². The van der Waals surface area contributed by atoms with Crippen molar-refractivity contribution in [2.45, 2.75) is 44.1 Å². The first-order valence-corrected chi connectivity index (χ1v) is 6.96. The SMILES string of the molecule is CCC(C)(C)NC(=O)CSc1nccc(C(F)(F)F)n1. The Morgan fingerprint density at radius 1 is 1.40 bits per heavy atom. The maximum Gasteiger partial charge on any atom is 0.433 e. The average molecular weight is 307 g/mol. The van der Waals surface area contributed by atoms with Crippen LogP contribution >= 0.6 is 11.8 Å². The number of alkyl halides is 3. The molecule has 4 nitrogen and oxygen atoms in total. The molecule has 1 N–H and O–H groups in total. The first kappa shape index (κ1) is 16.7. The Bertz CT molecular complexity index is 477. The van der Waals surface area contributed by atoms with E-state index in [4.69, 9.17) is 0 Å². The van der Waals surface area contributed by atoms with Crippen molar-refractivity contribution in [1.29, 1.82) is 0 Å². The van der Waals surface area contributed by atoms with Gasteiger partial charge in [-0.05, 0) is 26.3 Å². The number of rotatable bonds is 5. The highest BCUT2D eigenvalue weighted by Crippen LogP contribution is 2.28. The van der Waals surface area contributed by atoms with Gasteiger partial charge in [0.05, 0.1) is 5.75 Å². The van der Waals surface area contributed by atoms with E-state index >= 15 is 0 Å². The normalized spacial score (nSPS) is 12.3. The van der Waals surface area contributed by atoms with Crippen molar-refractivity contribution in [3.05, 3.63) is 18.0 Å². The molecule has 112 valence electrons. The van der Waals surface area contributed by atoms with E-state index in [0.717, 1.165) is 30.4 Å². The Labute approximate surface area is 119 Å². The van der Waals surface area contributed by atoms with Crippen molar-refractivity contribution in [2.24, 2.45) is 0 Å². The van der Waals surface area contributed by atoms with Crippen LogP contribution in [-0.4, -0.2) is 27.2 Å². The Morgan fingerprint density at radius 3 is 2.60 bits per heavy atom. The van der Waals surface area contributed by atoms with Crippen LogP contribution in [0.2, 0.25) is 0 Å². The Hall–Kier alpha value is -1.31. The minimum Gasteiger partial charge on any atom is -0.351 e. The summed E-state index contributed by atoms with van der Waals surface area (Å²) in [4.78, 5) is 18.8. The molecule has 0 atom stereocenters. The lowest BCUT2D eigenvalue weighted by molar-refractivity contribution is -0.141. The molecule has 0 aromatic carbocycles. The van der Waals surface area contributed by atoms with Gasteiger partial charge in [-0.3, -0.25) is 4.79 Å². The van der Waals surface area contributed by atoms with Crippen LogP contribution in [-0.2, 0) is 11.0 Å². The van der Waals surface area contributed by atoms with Crippen LogP contribution in [0, 0.1) is 0 Å². The smallest absolute Gasteiger partial charge is 0.351 e. The fraction of sp³-hybridized carbons (Fsp3) is 0.583. The van der Waals surface area contributed by atoms with E-state index in [-0.39, 0.29) is 22.4 Å². The van der Waals surface area contributed by atoms with Crippen LogP contribution in [0.15, 0.2) is 17.4 Å². The van der Waals surface area contributed by atoms with Gasteiger partial charge >= 0.3 is 6.18 Å². The fourth-order valence-electron chi connectivity index (χ4n) is 1.20. The van der Waals surface area contributed by atoms with Gasteiger partial charge in [0.2, 0.25) is 5.91 Å². The zero-order chi connectivity index (χ0) is 15.4. The Kier molecular flexibility index (Phi) is 5.38. The number of carbonyl (C=O) groups is 1. The molecular weight excluding hydrogens is 291 g/mol. The van der Waals surface area contributed by atoms with Gasteiger partial charge in [0, 0.05) is 11.7 Å². The van der Waals surface area contributed by atoms with Crippen LogP contribution in [0.25, 0.3) is 0 Å². The van der Waals surface area contributed by atoms with Crippen molar-refractivity contribution in [1.82, 2.24) is 15.3 Å². The van der Waals surface area contributed by atoms with Crippen molar-refractivity contribution in [3.63, 3.8) is 0 Å². The first-order chi connectivity index (χ1) is 9.14. The summed E-state index contributed by atoms with van der Waals surface area (Å²) in [5, 5.41) is 2.72. The quantitative estimate of drug-likeness (QED) is 0.671. The largest absolute Gasteiger partial charge is 0.433 e. The van der Waals surface area contributed by atoms with E-state index in [1.54, 1.807) is 0 Å². The number of nitrogens with one attached hydrogen (secondary N) is 1. The first-order valence-electron chi connectivity index (χ1n) is 5.98. The number of amides is 1. The molecule has 0 aliphatic carbocycles. The maximum absolute atomic E-state index is 12.5. The zero-order valence-electron chi connectivity index (χ0n) is 11.4. The lowest BCUT2D eigenvalue weighted by atomic mass is 10.0. The summed E-state index contributed by atoms with van der Waals surface area (Å²) < 4.78 is 37.4. The fourth-order valence-corrected chi connectivity index (χ4v) is 1.83. The van der Waals surface area contributed by atoms with E-state index in [0.29, 0.717) is 0 Å². The molecule has 1 aromatic heterocycles. The van der Waals surface area contributed by atoms with Crippen LogP contribution < -0.4 is 5.32 Å². The average Bonchev–Trinajstić information content (AvgIpc) is 2.35. The van der Waals surface area contributed by atoms with Gasteiger partial charge in [0.15, 0.2) is 5.16 Å². The van der Waals surface area contributed by atoms with E-state index in [1.807, 2.05) is 20.8 Å². The highest BCUT2D eigenvalue weighted by atomic mass is 32.2. The van der Waals surface area contributed by atoms with Gasteiger partial charge < -0.3 is 5.32 Å². The van der Waals surface area contributed by atoms with Gasteiger partial charge in [0.1, 0.15) is 5.69 Å². The zero-order valence-corrected chi connectivity index (χ0v) is 12.2. The number of thioether (sulfide) groups is 1. The van der Waals surface area contributed by atoms with Gasteiger partial charge in [-0.25, -0.2) is 9.97 Å². The summed E-state index contributed by atoms with van der Waals surface area (Å²) in [6.07, 6.45) is -2.72. The summed E-state index contributed by atoms with van der Waals surface area (Å²) in [5.74, 6) is -0.284. The summed E-state index contributed by atoms with van der Waals surface area (Å²) in [7, 11) is 0. The van der Waals surface area contributed by atoms with E-state index in [2.05, 4.69) is 15.3 Å². The lowest BCUT2D eigenvalue weighted by Crippen LogP contribution is -2.43. The number of nitrogens with zero attached hydrogens (tertiary/aromatic N) is 2. The number of carbonyl (C=O) groups excluding carboxylic acids is 1. The number of hydrogen-bond donors (Lipinski definition) is 1. The topological polar surface area (TPSA) is 54.9 Å². The molecule has 1 aromatic rings. The van der Waals surface area contributed by atoms with Crippen LogP contribution in [0.5, 0.6) is 0 Å². The molecule has 0 radical (unpaired) electrons. The van der Waals surface area contributed by atoms with Crippen LogP contribution in [0.4, 0.5) is 13.2 Å². The molecule has 1 amide bonds. The van der Waals surface area contributed by atoms with E-state index in [9.17, 15) is 18.0 Å². The minimum absolute atomic E-state index is 0.0231. The van der Waals surface area contributed by atoms with Crippen molar-refractivity contribution >= 4 is 17.7 Å². The molecule has 0 saturated heterocycles. The van der Waals surface area contributed by atoms with Gasteiger partial charge in [-0.2, -0.15) is 13.2 Å². The summed E-state index contributed by atoms with van der Waals surface area (Å²) in [6, 6.07) is 0.796. The van der Waals surface area contributed by atoms with E-state index < -0.39 is 11.9 Å². The second kappa shape index (κ2) is 6.43. The molecule has 0 fully saturated rings. The molecular formula is C12H16F3N3OS. The van der Waals surface area contributed by atoms with Crippen LogP contribution in [0.1, 0.15) is 32.9 Å². The molecule has 0 unspecified atom stereocenters. The summed E-state index contributed by atoms with van der Waals surface area (Å²) in [5.41, 5.74) is -1.35. The molecule has 1 rings (SSSR count). The van der Waals surface area contributed by atoms with Crippen LogP contribution in [0.3, 0.4) is 0 Å². The summed E-state index contributed by atoms with van der Waals surface area (Å²) >= 11 is 0.876. The molecule has 0 spiro atoms. The van der Waals surface area contributed by atoms with Gasteiger partial charge in [-0.1, -0.05) is 18.7 Å². The number of aromatic nitrogens is 2. The predicted octanol–water partition coefficient (Wildman–Crippen LogP) is 2.89. The molecule has 0 aliphatic heterocycles. The number of hydrogen-bond acceptors (Lipinski definition) is 4. The van der Waals surface area contributed by atoms with Crippen molar-refractivity contribution in [3.8, 4) is 0 Å². The molecule has 20 heavy (non-hydrogen) atoms. The maximum atomic E-state index is 12.5. The highest BCUT2D eigenvalue weighted by molar-refractivity contribution is 7.99. The molecule has 0 aliphatic rings. The Morgan fingerprint density at radius 2 is 2.05 bits per heavy atom. The Balaban J connectivity index is 2.60. The third-order valence-corrected chi connectivity index (χ3v) is 3.48. The van der Waals surface area contributed by atoms with Crippen molar-refractivity contribution < 1.29 is 18.0 Å². The second-order valence-corrected chi connectivity index (χ2v) is 5.74. The third kappa shape index (κ3) is 5.36. The lowest BCUT2D eigenvalue weighted by Gasteiger charge is -2.24. The monoisotopic (exact) mass is 307 g/mol. The summed E-state index contributed by atoms with van der Waals surface area (Å²) in [6.45, 7) is 5.68. The van der Waals surface area contributed by atoms with Gasteiger partial charge in [-0.15, -0.1) is 0 Å². The van der Waals surface area contributed by atoms with E-state index in [1.165, 1.54) is 0 Å². The second-order valence-electron chi connectivity index (χ2n) is 4.80.